The number of hydrogen-bond donors (Lipinski definition) is 1. The molecular formula is C19H18N6O2. The molecule has 1 N–H and O–H groups in total. The number of rotatable bonds is 6. The molecule has 1 amide bonds. The van der Waals surface area contributed by atoms with E-state index in [4.69, 9.17) is 0 Å². The normalized spacial score (nSPS) is 13.3. The van der Waals surface area contributed by atoms with Gasteiger partial charge in [0.25, 0.3) is 5.56 Å². The van der Waals surface area contributed by atoms with E-state index in [0.717, 1.165) is 24.1 Å². The smallest absolute Gasteiger partial charge is 0.254 e. The summed E-state index contributed by atoms with van der Waals surface area (Å²) in [6, 6.07) is 5.22. The van der Waals surface area contributed by atoms with Gasteiger partial charge in [-0.3, -0.25) is 29.1 Å². The Morgan fingerprint density at radius 2 is 2.04 bits per heavy atom. The van der Waals surface area contributed by atoms with Crippen LogP contribution in [-0.2, 0) is 17.9 Å². The molecule has 0 bridgehead atoms. The maximum atomic E-state index is 12.3. The molecular weight excluding hydrogens is 344 g/mol. The van der Waals surface area contributed by atoms with Crippen molar-refractivity contribution in [1.29, 1.82) is 0 Å². The Morgan fingerprint density at radius 1 is 1.19 bits per heavy atom. The summed E-state index contributed by atoms with van der Waals surface area (Å²) in [4.78, 5) is 41.4. The van der Waals surface area contributed by atoms with Crippen LogP contribution >= 0.6 is 0 Å². The van der Waals surface area contributed by atoms with Crippen molar-refractivity contribution in [3.63, 3.8) is 0 Å². The SMILES string of the molecule is O=C(Cn1cnc(C2CC2)cc1=O)NCc1nccnc1-c1cccnc1. The van der Waals surface area contributed by atoms with Crippen LogP contribution in [0.3, 0.4) is 0 Å². The molecule has 1 fully saturated rings. The predicted octanol–water partition coefficient (Wildman–Crippen LogP) is 1.29. The highest BCUT2D eigenvalue weighted by Gasteiger charge is 2.25. The van der Waals surface area contributed by atoms with Gasteiger partial charge in [-0.2, -0.15) is 0 Å². The molecule has 8 heteroatoms. The summed E-state index contributed by atoms with van der Waals surface area (Å²) in [6.45, 7) is 0.124. The third-order valence-electron chi connectivity index (χ3n) is 4.37. The Labute approximate surface area is 155 Å². The highest BCUT2D eigenvalue weighted by molar-refractivity contribution is 5.76. The Morgan fingerprint density at radius 3 is 2.78 bits per heavy atom. The Bertz CT molecular complexity index is 1010. The van der Waals surface area contributed by atoms with Gasteiger partial charge < -0.3 is 5.32 Å². The maximum Gasteiger partial charge on any atom is 0.254 e. The monoisotopic (exact) mass is 362 g/mol. The van der Waals surface area contributed by atoms with Crippen molar-refractivity contribution >= 4 is 5.91 Å². The molecule has 4 rings (SSSR count). The zero-order chi connectivity index (χ0) is 18.6. The van der Waals surface area contributed by atoms with Crippen molar-refractivity contribution in [1.82, 2.24) is 29.8 Å². The van der Waals surface area contributed by atoms with Crippen LogP contribution in [0, 0.1) is 0 Å². The van der Waals surface area contributed by atoms with Crippen molar-refractivity contribution in [2.75, 3.05) is 0 Å². The second-order valence-electron chi connectivity index (χ2n) is 6.42. The lowest BCUT2D eigenvalue weighted by molar-refractivity contribution is -0.121. The number of aromatic nitrogens is 5. The number of amides is 1. The summed E-state index contributed by atoms with van der Waals surface area (Å²) in [5.74, 6) is 0.115. The second kappa shape index (κ2) is 7.45. The Kier molecular flexibility index (Phi) is 4.69. The second-order valence-corrected chi connectivity index (χ2v) is 6.42. The predicted molar refractivity (Wildman–Crippen MR) is 97.6 cm³/mol. The van der Waals surface area contributed by atoms with Gasteiger partial charge in [0.05, 0.1) is 30.0 Å². The van der Waals surface area contributed by atoms with Crippen LogP contribution in [0.2, 0.25) is 0 Å². The fourth-order valence-electron chi connectivity index (χ4n) is 2.79. The molecule has 0 atom stereocenters. The number of nitrogens with one attached hydrogen (secondary N) is 1. The van der Waals surface area contributed by atoms with E-state index in [1.807, 2.05) is 12.1 Å². The molecule has 3 aromatic rings. The highest BCUT2D eigenvalue weighted by atomic mass is 16.2. The molecule has 8 nitrogen and oxygen atoms in total. The first kappa shape index (κ1) is 17.0. The minimum atomic E-state index is -0.291. The van der Waals surface area contributed by atoms with Gasteiger partial charge in [-0.05, 0) is 25.0 Å². The Balaban J connectivity index is 1.42. The van der Waals surface area contributed by atoms with Gasteiger partial charge in [-0.15, -0.1) is 0 Å². The molecule has 1 aliphatic carbocycles. The van der Waals surface area contributed by atoms with Gasteiger partial charge >= 0.3 is 0 Å². The van der Waals surface area contributed by atoms with E-state index in [1.165, 1.54) is 17.0 Å². The van der Waals surface area contributed by atoms with Crippen molar-refractivity contribution < 1.29 is 4.79 Å². The molecule has 0 spiro atoms. The van der Waals surface area contributed by atoms with Crippen molar-refractivity contribution in [2.24, 2.45) is 0 Å². The van der Waals surface area contributed by atoms with E-state index >= 15 is 0 Å². The van der Waals surface area contributed by atoms with Gasteiger partial charge in [-0.25, -0.2) is 4.98 Å². The van der Waals surface area contributed by atoms with Crippen LogP contribution in [0.25, 0.3) is 11.3 Å². The molecule has 3 aromatic heterocycles. The van der Waals surface area contributed by atoms with E-state index in [9.17, 15) is 9.59 Å². The van der Waals surface area contributed by atoms with Gasteiger partial charge in [-0.1, -0.05) is 0 Å². The van der Waals surface area contributed by atoms with Crippen LogP contribution < -0.4 is 10.9 Å². The summed E-state index contributed by atoms with van der Waals surface area (Å²) in [6.07, 6.45) is 10.2. The molecule has 0 unspecified atom stereocenters. The van der Waals surface area contributed by atoms with E-state index in [1.54, 1.807) is 24.8 Å². The number of hydrogen-bond acceptors (Lipinski definition) is 6. The third-order valence-corrected chi connectivity index (χ3v) is 4.37. The molecule has 1 aliphatic rings. The lowest BCUT2D eigenvalue weighted by atomic mass is 10.1. The zero-order valence-corrected chi connectivity index (χ0v) is 14.6. The van der Waals surface area contributed by atoms with E-state index in [2.05, 4.69) is 25.3 Å². The minimum Gasteiger partial charge on any atom is -0.349 e. The molecule has 0 radical (unpaired) electrons. The molecule has 1 saturated carbocycles. The summed E-state index contributed by atoms with van der Waals surface area (Å²) in [5, 5.41) is 2.79. The van der Waals surface area contributed by atoms with Gasteiger partial charge in [0.15, 0.2) is 0 Å². The summed E-state index contributed by atoms with van der Waals surface area (Å²) in [7, 11) is 0. The van der Waals surface area contributed by atoms with Crippen LogP contribution in [0.4, 0.5) is 0 Å². The highest BCUT2D eigenvalue weighted by Crippen LogP contribution is 2.38. The summed E-state index contributed by atoms with van der Waals surface area (Å²) in [5.41, 5.74) is 2.73. The lowest BCUT2D eigenvalue weighted by Crippen LogP contribution is -2.32. The number of carbonyl (C=O) groups excluding carboxylic acids is 1. The quantitative estimate of drug-likeness (QED) is 0.709. The van der Waals surface area contributed by atoms with Crippen LogP contribution in [0.1, 0.15) is 30.1 Å². The first-order chi connectivity index (χ1) is 13.2. The number of pyridine rings is 1. The van der Waals surface area contributed by atoms with Crippen LogP contribution in [-0.4, -0.2) is 30.4 Å². The maximum absolute atomic E-state index is 12.3. The number of nitrogens with zero attached hydrogens (tertiary/aromatic N) is 5. The molecule has 0 aromatic carbocycles. The average molecular weight is 362 g/mol. The standard InChI is InChI=1S/C19H18N6O2/c26-17(11-25-12-24-15(8-18(25)27)13-3-4-13)23-10-16-19(22-7-6-21-16)14-2-1-5-20-9-14/h1-2,5-9,12-13H,3-4,10-11H2,(H,23,26). The van der Waals surface area contributed by atoms with Crippen LogP contribution in [0.15, 0.2) is 54.1 Å². The number of carbonyl (C=O) groups is 1. The van der Waals surface area contributed by atoms with Gasteiger partial charge in [0.1, 0.15) is 6.54 Å². The van der Waals surface area contributed by atoms with E-state index in [-0.39, 0.29) is 24.6 Å². The Hall–Kier alpha value is -3.42. The van der Waals surface area contributed by atoms with Crippen molar-refractivity contribution in [2.45, 2.75) is 31.8 Å². The van der Waals surface area contributed by atoms with Crippen molar-refractivity contribution in [3.05, 3.63) is 71.1 Å². The topological polar surface area (TPSA) is 103 Å². The minimum absolute atomic E-state index is 0.0841. The lowest BCUT2D eigenvalue weighted by Gasteiger charge is -2.10. The summed E-state index contributed by atoms with van der Waals surface area (Å²) < 4.78 is 1.31. The van der Waals surface area contributed by atoms with Crippen LogP contribution in [0.5, 0.6) is 0 Å². The fraction of sp³-hybridized carbons (Fsp3) is 0.263. The van der Waals surface area contributed by atoms with Crippen molar-refractivity contribution in [3.8, 4) is 11.3 Å². The molecule has 0 aliphatic heterocycles. The first-order valence-corrected chi connectivity index (χ1v) is 8.74. The fourth-order valence-corrected chi connectivity index (χ4v) is 2.79. The van der Waals surface area contributed by atoms with E-state index in [0.29, 0.717) is 17.3 Å². The van der Waals surface area contributed by atoms with Gasteiger partial charge in [0, 0.05) is 42.3 Å². The summed E-state index contributed by atoms with van der Waals surface area (Å²) >= 11 is 0. The van der Waals surface area contributed by atoms with Gasteiger partial charge in [0.2, 0.25) is 5.91 Å². The zero-order valence-electron chi connectivity index (χ0n) is 14.6. The average Bonchev–Trinajstić information content (AvgIpc) is 3.54. The largest absolute Gasteiger partial charge is 0.349 e. The molecule has 3 heterocycles. The van der Waals surface area contributed by atoms with E-state index < -0.39 is 0 Å². The molecule has 27 heavy (non-hydrogen) atoms. The first-order valence-electron chi connectivity index (χ1n) is 8.74. The molecule has 136 valence electrons. The molecule has 0 saturated heterocycles. The third kappa shape index (κ3) is 4.05.